The molecule has 0 radical (unpaired) electrons. The molecule has 5 fully saturated rings. The second kappa shape index (κ2) is 11.9. The molecule has 0 amide bonds. The first kappa shape index (κ1) is 30.9. The molecule has 218 valence electrons. The van der Waals surface area contributed by atoms with Gasteiger partial charge in [-0.1, -0.05) is 20.3 Å². The molecule has 5 aliphatic rings. The van der Waals surface area contributed by atoms with Crippen LogP contribution in [0.3, 0.4) is 0 Å². The molecule has 0 aromatic heterocycles. The van der Waals surface area contributed by atoms with E-state index < -0.39 is 11.4 Å². The van der Waals surface area contributed by atoms with Gasteiger partial charge < -0.3 is 14.2 Å². The van der Waals surface area contributed by atoms with Crippen LogP contribution in [-0.2, 0) is 28.6 Å². The second-order valence-corrected chi connectivity index (χ2v) is 14.4. The number of esters is 3. The summed E-state index contributed by atoms with van der Waals surface area (Å²) in [5.74, 6) is 2.33. The maximum absolute atomic E-state index is 12.5. The van der Waals surface area contributed by atoms with Crippen LogP contribution < -0.4 is 0 Å². The van der Waals surface area contributed by atoms with Gasteiger partial charge in [-0.25, -0.2) is 4.79 Å². The zero-order chi connectivity index (χ0) is 28.4. The smallest absolute Gasteiger partial charge is 0.344 e. The highest BCUT2D eigenvalue weighted by Gasteiger charge is 2.57. The van der Waals surface area contributed by atoms with Crippen molar-refractivity contribution in [3.8, 4) is 0 Å². The van der Waals surface area contributed by atoms with E-state index in [1.54, 1.807) is 0 Å². The summed E-state index contributed by atoms with van der Waals surface area (Å²) in [7, 11) is 0. The third-order valence-corrected chi connectivity index (χ3v) is 10.5. The molecule has 5 rings (SSSR count). The third kappa shape index (κ3) is 7.13. The van der Waals surface area contributed by atoms with E-state index in [9.17, 15) is 14.4 Å². The normalized spacial score (nSPS) is 31.6. The summed E-state index contributed by atoms with van der Waals surface area (Å²) in [6.07, 6.45) is 13.3. The first-order valence-electron chi connectivity index (χ1n) is 15.3. The number of ether oxygens (including phenoxy) is 3. The molecule has 6 nitrogen and oxygen atoms in total. The summed E-state index contributed by atoms with van der Waals surface area (Å²) in [6, 6.07) is 0. The summed E-state index contributed by atoms with van der Waals surface area (Å²) < 4.78 is 16.6. The standard InChI is InChI=1S/C17H28O2.C15H26O4/c1-5-16(2,3)15(18)19-17(4)13-7-11-6-12(9-13)10-14(17)8-11;1-5-14(2,3)13(17)18-11-12(16)19-15(4)9-7-6-8-10-15/h11-14H,5-10H2,1-4H3;5-11H2,1-4H3. The Morgan fingerprint density at radius 3 is 1.66 bits per heavy atom. The summed E-state index contributed by atoms with van der Waals surface area (Å²) in [5, 5.41) is 0. The molecule has 6 heteroatoms. The molecule has 0 heterocycles. The maximum atomic E-state index is 12.5. The van der Waals surface area contributed by atoms with Gasteiger partial charge in [0.15, 0.2) is 6.61 Å². The van der Waals surface area contributed by atoms with Gasteiger partial charge in [-0.05, 0) is 136 Å². The van der Waals surface area contributed by atoms with Gasteiger partial charge in [0.1, 0.15) is 11.2 Å². The van der Waals surface area contributed by atoms with Crippen molar-refractivity contribution in [1.29, 1.82) is 0 Å². The first-order chi connectivity index (χ1) is 17.6. The van der Waals surface area contributed by atoms with Crippen LogP contribution in [0.25, 0.3) is 0 Å². The third-order valence-electron chi connectivity index (χ3n) is 10.5. The lowest BCUT2D eigenvalue weighted by atomic mass is 9.50. The highest BCUT2D eigenvalue weighted by atomic mass is 16.6. The Bertz CT molecular complexity index is 822. The predicted molar refractivity (Wildman–Crippen MR) is 148 cm³/mol. The molecule has 0 aliphatic heterocycles. The van der Waals surface area contributed by atoms with E-state index in [-0.39, 0.29) is 35.2 Å². The Morgan fingerprint density at radius 2 is 1.18 bits per heavy atom. The summed E-state index contributed by atoms with van der Waals surface area (Å²) >= 11 is 0. The summed E-state index contributed by atoms with van der Waals surface area (Å²) in [6.45, 7) is 15.5. The zero-order valence-corrected chi connectivity index (χ0v) is 25.5. The predicted octanol–water partition coefficient (Wildman–Crippen LogP) is 7.41. The van der Waals surface area contributed by atoms with Gasteiger partial charge in [0, 0.05) is 0 Å². The molecule has 0 unspecified atom stereocenters. The maximum Gasteiger partial charge on any atom is 0.344 e. The van der Waals surface area contributed by atoms with E-state index in [1.807, 2.05) is 41.5 Å². The van der Waals surface area contributed by atoms with Crippen LogP contribution in [0.1, 0.15) is 132 Å². The van der Waals surface area contributed by atoms with Crippen molar-refractivity contribution in [2.75, 3.05) is 6.61 Å². The number of rotatable bonds is 8. The average molecular weight is 535 g/mol. The number of carbonyl (C=O) groups is 3. The van der Waals surface area contributed by atoms with Gasteiger partial charge in [-0.3, -0.25) is 9.59 Å². The zero-order valence-electron chi connectivity index (χ0n) is 25.5. The fourth-order valence-electron chi connectivity index (χ4n) is 6.94. The average Bonchev–Trinajstić information content (AvgIpc) is 2.86. The number of hydrogen-bond acceptors (Lipinski definition) is 6. The molecule has 38 heavy (non-hydrogen) atoms. The van der Waals surface area contributed by atoms with Crippen LogP contribution in [0.15, 0.2) is 0 Å². The van der Waals surface area contributed by atoms with E-state index >= 15 is 0 Å². The van der Waals surface area contributed by atoms with Crippen LogP contribution in [0.4, 0.5) is 0 Å². The quantitative estimate of drug-likeness (QED) is 0.238. The Kier molecular flexibility index (Phi) is 9.67. The van der Waals surface area contributed by atoms with E-state index in [0.29, 0.717) is 18.3 Å². The highest BCUT2D eigenvalue weighted by molar-refractivity contribution is 5.80. The van der Waals surface area contributed by atoms with Gasteiger partial charge in [0.2, 0.25) is 0 Å². The van der Waals surface area contributed by atoms with E-state index in [4.69, 9.17) is 14.2 Å². The van der Waals surface area contributed by atoms with Crippen molar-refractivity contribution in [3.63, 3.8) is 0 Å². The summed E-state index contributed by atoms with van der Waals surface area (Å²) in [5.41, 5.74) is -1.42. The minimum atomic E-state index is -0.547. The Balaban J connectivity index is 0.000000211. The van der Waals surface area contributed by atoms with E-state index in [0.717, 1.165) is 43.9 Å². The van der Waals surface area contributed by atoms with Gasteiger partial charge in [-0.2, -0.15) is 0 Å². The van der Waals surface area contributed by atoms with Gasteiger partial charge >= 0.3 is 17.9 Å². The molecule has 5 aliphatic carbocycles. The lowest BCUT2D eigenvalue weighted by Crippen LogP contribution is -2.58. The van der Waals surface area contributed by atoms with Crippen LogP contribution in [0.5, 0.6) is 0 Å². The number of carbonyl (C=O) groups excluding carboxylic acids is 3. The van der Waals surface area contributed by atoms with E-state index in [1.165, 1.54) is 38.5 Å². The lowest BCUT2D eigenvalue weighted by molar-refractivity contribution is -0.211. The Labute approximate surface area is 231 Å². The van der Waals surface area contributed by atoms with Crippen molar-refractivity contribution in [2.45, 2.75) is 144 Å². The second-order valence-electron chi connectivity index (χ2n) is 14.4. The SMILES string of the molecule is CCC(C)(C)C(=O)OC1(C)C2CC3CC(C2)CC1C3.CCC(C)(C)C(=O)OCC(=O)OC1(C)CCCCC1. The van der Waals surface area contributed by atoms with Gasteiger partial charge in [-0.15, -0.1) is 0 Å². The molecule has 0 N–H and O–H groups in total. The van der Waals surface area contributed by atoms with Crippen molar-refractivity contribution in [2.24, 2.45) is 34.5 Å². The molecule has 0 aromatic carbocycles. The van der Waals surface area contributed by atoms with Crippen LogP contribution in [0.2, 0.25) is 0 Å². The lowest BCUT2D eigenvalue weighted by Gasteiger charge is -2.59. The largest absolute Gasteiger partial charge is 0.458 e. The molecule has 0 saturated heterocycles. The van der Waals surface area contributed by atoms with Crippen molar-refractivity contribution in [3.05, 3.63) is 0 Å². The topological polar surface area (TPSA) is 78.9 Å². The van der Waals surface area contributed by atoms with Crippen LogP contribution in [0, 0.1) is 34.5 Å². The van der Waals surface area contributed by atoms with Crippen molar-refractivity contribution in [1.82, 2.24) is 0 Å². The van der Waals surface area contributed by atoms with Crippen LogP contribution >= 0.6 is 0 Å². The highest BCUT2D eigenvalue weighted by Crippen LogP contribution is 2.59. The van der Waals surface area contributed by atoms with Crippen molar-refractivity contribution < 1.29 is 28.6 Å². The molecular formula is C32H54O6. The first-order valence-corrected chi connectivity index (χ1v) is 15.3. The molecule has 4 bridgehead atoms. The fourth-order valence-corrected chi connectivity index (χ4v) is 6.94. The molecule has 0 aromatic rings. The number of hydrogen-bond donors (Lipinski definition) is 0. The fraction of sp³-hybridized carbons (Fsp3) is 0.906. The van der Waals surface area contributed by atoms with Crippen molar-refractivity contribution >= 4 is 17.9 Å². The van der Waals surface area contributed by atoms with Crippen LogP contribution in [-0.4, -0.2) is 35.7 Å². The summed E-state index contributed by atoms with van der Waals surface area (Å²) in [4.78, 5) is 35.9. The monoisotopic (exact) mass is 534 g/mol. The minimum Gasteiger partial charge on any atom is -0.458 e. The molecule has 0 atom stereocenters. The Hall–Kier alpha value is -1.59. The molecule has 0 spiro atoms. The van der Waals surface area contributed by atoms with Gasteiger partial charge in [0.05, 0.1) is 10.8 Å². The van der Waals surface area contributed by atoms with E-state index in [2.05, 4.69) is 13.8 Å². The van der Waals surface area contributed by atoms with Gasteiger partial charge in [0.25, 0.3) is 0 Å². The molecular weight excluding hydrogens is 480 g/mol. The minimum absolute atomic E-state index is 0.0185. The molecule has 5 saturated carbocycles. The Morgan fingerprint density at radius 1 is 0.711 bits per heavy atom.